The van der Waals surface area contributed by atoms with Gasteiger partial charge < -0.3 is 10.5 Å². The van der Waals surface area contributed by atoms with Gasteiger partial charge in [-0.25, -0.2) is 0 Å². The van der Waals surface area contributed by atoms with Crippen LogP contribution >= 0.6 is 0 Å². The van der Waals surface area contributed by atoms with Crippen LogP contribution in [0.5, 0.6) is 5.75 Å². The zero-order valence-corrected chi connectivity index (χ0v) is 11.6. The minimum Gasteiger partial charge on any atom is -0.497 e. The van der Waals surface area contributed by atoms with Crippen LogP contribution in [-0.2, 0) is 6.42 Å². The predicted octanol–water partition coefficient (Wildman–Crippen LogP) is 3.64. The lowest BCUT2D eigenvalue weighted by molar-refractivity contribution is 0.415. The molecular formula is C17H21NO. The molecule has 0 aromatic heterocycles. The molecule has 0 saturated carbocycles. The highest BCUT2D eigenvalue weighted by molar-refractivity contribution is 5.65. The second-order valence-electron chi connectivity index (χ2n) is 4.95. The molecular weight excluding hydrogens is 234 g/mol. The largest absolute Gasteiger partial charge is 0.497 e. The van der Waals surface area contributed by atoms with Crippen LogP contribution in [0.2, 0.25) is 0 Å². The van der Waals surface area contributed by atoms with Gasteiger partial charge >= 0.3 is 0 Å². The number of rotatable bonds is 5. The van der Waals surface area contributed by atoms with Gasteiger partial charge in [-0.15, -0.1) is 0 Å². The van der Waals surface area contributed by atoms with Gasteiger partial charge in [0.2, 0.25) is 0 Å². The third-order valence-corrected chi connectivity index (χ3v) is 3.22. The van der Waals surface area contributed by atoms with Crippen LogP contribution in [-0.4, -0.2) is 13.2 Å². The minimum absolute atomic E-state index is 0.250. The second kappa shape index (κ2) is 6.39. The molecule has 1 atom stereocenters. The molecule has 0 fully saturated rings. The van der Waals surface area contributed by atoms with Crippen molar-refractivity contribution in [1.82, 2.24) is 0 Å². The summed E-state index contributed by atoms with van der Waals surface area (Å²) in [5, 5.41) is 0. The second-order valence-corrected chi connectivity index (χ2v) is 4.95. The van der Waals surface area contributed by atoms with E-state index in [4.69, 9.17) is 10.5 Å². The van der Waals surface area contributed by atoms with Crippen molar-refractivity contribution >= 4 is 0 Å². The summed E-state index contributed by atoms with van der Waals surface area (Å²) in [4.78, 5) is 0. The number of aryl methyl sites for hydroxylation is 1. The number of nitrogens with two attached hydrogens (primary N) is 1. The maximum absolute atomic E-state index is 5.81. The van der Waals surface area contributed by atoms with Crippen molar-refractivity contribution in [2.24, 2.45) is 5.73 Å². The van der Waals surface area contributed by atoms with Gasteiger partial charge in [0.05, 0.1) is 7.11 Å². The Morgan fingerprint density at radius 2 is 1.74 bits per heavy atom. The van der Waals surface area contributed by atoms with Gasteiger partial charge in [0.15, 0.2) is 0 Å². The van der Waals surface area contributed by atoms with Gasteiger partial charge in [0, 0.05) is 6.04 Å². The van der Waals surface area contributed by atoms with Crippen LogP contribution in [0.25, 0.3) is 11.1 Å². The molecule has 0 aliphatic rings. The maximum atomic E-state index is 5.81. The number of hydrogen-bond donors (Lipinski definition) is 1. The van der Waals surface area contributed by atoms with Gasteiger partial charge in [-0.2, -0.15) is 0 Å². The van der Waals surface area contributed by atoms with Gasteiger partial charge in [-0.05, 0) is 48.6 Å². The third kappa shape index (κ3) is 3.83. The molecule has 2 nitrogen and oxygen atoms in total. The first-order valence-corrected chi connectivity index (χ1v) is 6.68. The molecule has 2 aromatic rings. The molecule has 100 valence electrons. The molecule has 1 unspecified atom stereocenters. The SMILES string of the molecule is COc1cccc(-c2cccc(CCC(C)N)c2)c1. The van der Waals surface area contributed by atoms with E-state index in [9.17, 15) is 0 Å². The molecule has 0 radical (unpaired) electrons. The molecule has 0 aliphatic heterocycles. The first kappa shape index (κ1) is 13.6. The van der Waals surface area contributed by atoms with Gasteiger partial charge in [0.25, 0.3) is 0 Å². The standard InChI is InChI=1S/C17H21NO/c1-13(18)9-10-14-5-3-6-15(11-14)16-7-4-8-17(12-16)19-2/h3-8,11-13H,9-10,18H2,1-2H3. The fourth-order valence-electron chi connectivity index (χ4n) is 2.10. The van der Waals surface area contributed by atoms with E-state index < -0.39 is 0 Å². The minimum atomic E-state index is 0.250. The van der Waals surface area contributed by atoms with E-state index >= 15 is 0 Å². The molecule has 2 heteroatoms. The Balaban J connectivity index is 2.22. The molecule has 19 heavy (non-hydrogen) atoms. The highest BCUT2D eigenvalue weighted by Crippen LogP contribution is 2.24. The van der Waals surface area contributed by atoms with Crippen LogP contribution < -0.4 is 10.5 Å². The van der Waals surface area contributed by atoms with E-state index in [1.165, 1.54) is 16.7 Å². The summed E-state index contributed by atoms with van der Waals surface area (Å²) in [6, 6.07) is 17.0. The van der Waals surface area contributed by atoms with Crippen LogP contribution in [0.3, 0.4) is 0 Å². The van der Waals surface area contributed by atoms with E-state index in [0.717, 1.165) is 18.6 Å². The normalized spacial score (nSPS) is 12.2. The number of hydrogen-bond acceptors (Lipinski definition) is 2. The van der Waals surface area contributed by atoms with Crippen molar-refractivity contribution in [2.75, 3.05) is 7.11 Å². The van der Waals surface area contributed by atoms with Crippen LogP contribution in [0.4, 0.5) is 0 Å². The Morgan fingerprint density at radius 1 is 1.05 bits per heavy atom. The van der Waals surface area contributed by atoms with Crippen LogP contribution in [0, 0.1) is 0 Å². The molecule has 2 rings (SSSR count). The average Bonchev–Trinajstić information content (AvgIpc) is 2.45. The highest BCUT2D eigenvalue weighted by Gasteiger charge is 2.02. The molecule has 0 spiro atoms. The first-order valence-electron chi connectivity index (χ1n) is 6.68. The molecule has 2 aromatic carbocycles. The zero-order valence-electron chi connectivity index (χ0n) is 11.6. The van der Waals surface area contributed by atoms with Crippen molar-refractivity contribution < 1.29 is 4.74 Å². The molecule has 2 N–H and O–H groups in total. The summed E-state index contributed by atoms with van der Waals surface area (Å²) < 4.78 is 5.27. The van der Waals surface area contributed by atoms with Crippen molar-refractivity contribution in [1.29, 1.82) is 0 Å². The Morgan fingerprint density at radius 3 is 2.42 bits per heavy atom. The Hall–Kier alpha value is -1.80. The Labute approximate surface area is 115 Å². The lowest BCUT2D eigenvalue weighted by Gasteiger charge is -2.08. The van der Waals surface area contributed by atoms with Gasteiger partial charge in [-0.1, -0.05) is 36.4 Å². The first-order chi connectivity index (χ1) is 9.19. The maximum Gasteiger partial charge on any atom is 0.119 e. The van der Waals surface area contributed by atoms with Crippen LogP contribution in [0.1, 0.15) is 18.9 Å². The summed E-state index contributed by atoms with van der Waals surface area (Å²) in [5.41, 5.74) is 9.55. The summed E-state index contributed by atoms with van der Waals surface area (Å²) >= 11 is 0. The zero-order chi connectivity index (χ0) is 13.7. The quantitative estimate of drug-likeness (QED) is 0.885. The molecule has 0 bridgehead atoms. The Kier molecular flexibility index (Phi) is 4.58. The summed E-state index contributed by atoms with van der Waals surface area (Å²) in [6.45, 7) is 2.05. The monoisotopic (exact) mass is 255 g/mol. The molecule has 0 heterocycles. The molecule has 0 aliphatic carbocycles. The van der Waals surface area contributed by atoms with Crippen molar-refractivity contribution in [2.45, 2.75) is 25.8 Å². The Bertz CT molecular complexity index is 534. The van der Waals surface area contributed by atoms with E-state index in [0.29, 0.717) is 0 Å². The summed E-state index contributed by atoms with van der Waals surface area (Å²) in [7, 11) is 1.69. The number of ether oxygens (including phenoxy) is 1. The van der Waals surface area contributed by atoms with E-state index in [1.54, 1.807) is 7.11 Å². The summed E-state index contributed by atoms with van der Waals surface area (Å²) in [5.74, 6) is 0.887. The van der Waals surface area contributed by atoms with Crippen molar-refractivity contribution in [3.8, 4) is 16.9 Å². The predicted molar refractivity (Wildman–Crippen MR) is 80.4 cm³/mol. The highest BCUT2D eigenvalue weighted by atomic mass is 16.5. The fourth-order valence-corrected chi connectivity index (χ4v) is 2.10. The smallest absolute Gasteiger partial charge is 0.119 e. The van der Waals surface area contributed by atoms with Crippen molar-refractivity contribution in [3.63, 3.8) is 0 Å². The average molecular weight is 255 g/mol. The van der Waals surface area contributed by atoms with E-state index in [-0.39, 0.29) is 6.04 Å². The lowest BCUT2D eigenvalue weighted by atomic mass is 10.00. The van der Waals surface area contributed by atoms with Gasteiger partial charge in [0.1, 0.15) is 5.75 Å². The fraction of sp³-hybridized carbons (Fsp3) is 0.294. The molecule has 0 saturated heterocycles. The van der Waals surface area contributed by atoms with Crippen molar-refractivity contribution in [3.05, 3.63) is 54.1 Å². The van der Waals surface area contributed by atoms with E-state index in [2.05, 4.69) is 36.4 Å². The van der Waals surface area contributed by atoms with Gasteiger partial charge in [-0.3, -0.25) is 0 Å². The van der Waals surface area contributed by atoms with Crippen LogP contribution in [0.15, 0.2) is 48.5 Å². The lowest BCUT2D eigenvalue weighted by Crippen LogP contribution is -2.15. The number of benzene rings is 2. The summed E-state index contributed by atoms with van der Waals surface area (Å²) in [6.07, 6.45) is 2.04. The third-order valence-electron chi connectivity index (χ3n) is 3.22. The number of methoxy groups -OCH3 is 1. The van der Waals surface area contributed by atoms with E-state index in [1.807, 2.05) is 19.1 Å². The topological polar surface area (TPSA) is 35.2 Å². The molecule has 0 amide bonds.